The molecule has 0 aliphatic heterocycles. The van der Waals surface area contributed by atoms with E-state index in [0.717, 1.165) is 6.08 Å². The average molecular weight is 483 g/mol. The number of carbonyl (C=O) groups excluding carboxylic acids is 1. The fourth-order valence-corrected chi connectivity index (χ4v) is 17.5. The lowest BCUT2D eigenvalue weighted by molar-refractivity contribution is -0.151. The third-order valence-corrected chi connectivity index (χ3v) is 15.5. The van der Waals surface area contributed by atoms with Crippen LogP contribution in [0.3, 0.4) is 0 Å². The van der Waals surface area contributed by atoms with Crippen LogP contribution in [0.15, 0.2) is 12.7 Å². The van der Waals surface area contributed by atoms with Crippen LogP contribution in [0.1, 0.15) is 12.8 Å². The Balaban J connectivity index is 5.59. The van der Waals surface area contributed by atoms with Gasteiger partial charge in [-0.15, -0.1) is 0 Å². The highest BCUT2D eigenvalue weighted by Crippen LogP contribution is 2.31. The first-order valence-electron chi connectivity index (χ1n) is 10.1. The first kappa shape index (κ1) is 28.9. The Bertz CT molecular complexity index is 483. The molecule has 0 aromatic heterocycles. The van der Waals surface area contributed by atoms with E-state index < -0.39 is 58.5 Å². The van der Waals surface area contributed by atoms with E-state index in [1.54, 1.807) is 0 Å². The smallest absolute Gasteiger partial charge is 0.456 e. The number of carbonyl (C=O) groups is 1. The minimum Gasteiger partial charge on any atom is -0.456 e. The number of aliphatic hydroxyl groups is 2. The summed E-state index contributed by atoms with van der Waals surface area (Å²) in [4.78, 5) is 11.6. The standard InChI is InChI=1S/C18H42O7Si4/c1-11-18(21)22-17(16(20)15-19)13-12-14-29(23-26(2,3)4,24-27(5,6)7)25-28(8,9)10/h11,16-17,19-20H,1,12-15H2,2-10H3. The third-order valence-electron chi connectivity index (χ3n) is 3.41. The van der Waals surface area contributed by atoms with Gasteiger partial charge in [0.05, 0.1) is 6.61 Å². The maximum absolute atomic E-state index is 11.6. The number of esters is 1. The molecule has 0 spiro atoms. The second-order valence-electron chi connectivity index (χ2n) is 10.1. The van der Waals surface area contributed by atoms with E-state index in [4.69, 9.17) is 17.1 Å². The summed E-state index contributed by atoms with van der Waals surface area (Å²) in [5.41, 5.74) is 0. The molecule has 0 aliphatic rings. The lowest BCUT2D eigenvalue weighted by Gasteiger charge is -2.43. The molecule has 7 nitrogen and oxygen atoms in total. The third kappa shape index (κ3) is 13.7. The minimum atomic E-state index is -2.98. The number of aliphatic hydroxyl groups excluding tert-OH is 2. The van der Waals surface area contributed by atoms with Crippen molar-refractivity contribution in [1.29, 1.82) is 0 Å². The van der Waals surface area contributed by atoms with Crippen molar-refractivity contribution >= 4 is 39.7 Å². The molecule has 2 N–H and O–H groups in total. The zero-order chi connectivity index (χ0) is 23.1. The molecule has 0 fully saturated rings. The fourth-order valence-electron chi connectivity index (χ4n) is 2.78. The summed E-state index contributed by atoms with van der Waals surface area (Å²) < 4.78 is 25.1. The quantitative estimate of drug-likeness (QED) is 0.221. The zero-order valence-corrected chi connectivity index (χ0v) is 23.7. The summed E-state index contributed by atoms with van der Waals surface area (Å²) in [6.45, 7) is 22.0. The number of hydrogen-bond donors (Lipinski definition) is 2. The molecule has 0 saturated carbocycles. The first-order valence-corrected chi connectivity index (χ1v) is 22.3. The molecule has 0 amide bonds. The van der Waals surface area contributed by atoms with Crippen LogP contribution in [0.5, 0.6) is 0 Å². The lowest BCUT2D eigenvalue weighted by atomic mass is 10.1. The number of hydrogen-bond acceptors (Lipinski definition) is 7. The van der Waals surface area contributed by atoms with E-state index in [1.165, 1.54) is 0 Å². The van der Waals surface area contributed by atoms with Crippen LogP contribution in [0.25, 0.3) is 0 Å². The molecule has 2 atom stereocenters. The SMILES string of the molecule is C=CC(=O)OC(CCC[Si](O[Si](C)(C)C)(O[Si](C)(C)C)O[Si](C)(C)C)C(O)CO. The normalized spacial score (nSPS) is 15.7. The highest BCUT2D eigenvalue weighted by atomic mass is 28.5. The van der Waals surface area contributed by atoms with Crippen LogP contribution in [-0.2, 0) is 21.9 Å². The minimum absolute atomic E-state index is 0.370. The van der Waals surface area contributed by atoms with E-state index in [-0.39, 0.29) is 0 Å². The van der Waals surface area contributed by atoms with E-state index in [0.29, 0.717) is 18.9 Å². The van der Waals surface area contributed by atoms with Crippen molar-refractivity contribution in [3.63, 3.8) is 0 Å². The van der Waals surface area contributed by atoms with E-state index in [9.17, 15) is 15.0 Å². The monoisotopic (exact) mass is 482 g/mol. The van der Waals surface area contributed by atoms with Crippen molar-refractivity contribution < 1.29 is 32.1 Å². The maximum atomic E-state index is 11.6. The topological polar surface area (TPSA) is 94.5 Å². The van der Waals surface area contributed by atoms with Crippen molar-refractivity contribution in [2.75, 3.05) is 6.61 Å². The second kappa shape index (κ2) is 11.5. The van der Waals surface area contributed by atoms with Gasteiger partial charge in [-0.2, -0.15) is 0 Å². The molecule has 0 aromatic carbocycles. The van der Waals surface area contributed by atoms with Gasteiger partial charge in [-0.3, -0.25) is 0 Å². The summed E-state index contributed by atoms with van der Waals surface area (Å²) in [5.74, 6) is -0.624. The van der Waals surface area contributed by atoms with Gasteiger partial charge in [0.1, 0.15) is 12.2 Å². The molecular formula is C18H42O7Si4. The highest BCUT2D eigenvalue weighted by molar-refractivity contribution is 6.90. The van der Waals surface area contributed by atoms with Gasteiger partial charge in [-0.05, 0) is 71.8 Å². The van der Waals surface area contributed by atoms with Crippen molar-refractivity contribution in [2.45, 2.75) is 90.0 Å². The Hall–Kier alpha value is -0.122. The molecule has 0 heterocycles. The van der Waals surface area contributed by atoms with E-state index in [1.807, 2.05) is 0 Å². The predicted molar refractivity (Wildman–Crippen MR) is 126 cm³/mol. The van der Waals surface area contributed by atoms with Crippen LogP contribution in [0.4, 0.5) is 0 Å². The average Bonchev–Trinajstić information content (AvgIpc) is 2.47. The molecule has 29 heavy (non-hydrogen) atoms. The second-order valence-corrected chi connectivity index (χ2v) is 27.1. The fraction of sp³-hybridized carbons (Fsp3) is 0.833. The Morgan fingerprint density at radius 1 is 0.931 bits per heavy atom. The van der Waals surface area contributed by atoms with Gasteiger partial charge in [0.2, 0.25) is 0 Å². The molecule has 0 saturated heterocycles. The molecular weight excluding hydrogens is 441 g/mol. The highest BCUT2D eigenvalue weighted by Gasteiger charge is 2.49. The molecule has 0 bridgehead atoms. The Kier molecular flexibility index (Phi) is 11.4. The molecule has 2 unspecified atom stereocenters. The molecule has 0 aliphatic carbocycles. The van der Waals surface area contributed by atoms with Gasteiger partial charge in [0, 0.05) is 12.1 Å². The van der Waals surface area contributed by atoms with E-state index >= 15 is 0 Å². The van der Waals surface area contributed by atoms with Gasteiger partial charge >= 0.3 is 14.8 Å². The maximum Gasteiger partial charge on any atom is 0.469 e. The Morgan fingerprint density at radius 2 is 1.34 bits per heavy atom. The van der Waals surface area contributed by atoms with Crippen LogP contribution in [0.2, 0.25) is 65.0 Å². The number of ether oxygens (including phenoxy) is 1. The van der Waals surface area contributed by atoms with Crippen molar-refractivity contribution in [1.82, 2.24) is 0 Å². The summed E-state index contributed by atoms with van der Waals surface area (Å²) in [6, 6.07) is 0.575. The Morgan fingerprint density at radius 3 is 1.66 bits per heavy atom. The Labute approximate surface area is 181 Å². The summed E-state index contributed by atoms with van der Waals surface area (Å²) >= 11 is 0. The molecule has 0 aromatic rings. The van der Waals surface area contributed by atoms with Crippen molar-refractivity contribution in [2.24, 2.45) is 0 Å². The van der Waals surface area contributed by atoms with Gasteiger partial charge < -0.3 is 27.3 Å². The summed E-state index contributed by atoms with van der Waals surface area (Å²) in [7, 11) is -8.87. The molecule has 0 rings (SSSR count). The first-order chi connectivity index (χ1) is 12.9. The van der Waals surface area contributed by atoms with Gasteiger partial charge in [0.25, 0.3) is 0 Å². The summed E-state index contributed by atoms with van der Waals surface area (Å²) in [5, 5.41) is 19.3. The van der Waals surface area contributed by atoms with Gasteiger partial charge in [0.15, 0.2) is 25.0 Å². The van der Waals surface area contributed by atoms with Crippen LogP contribution in [0, 0.1) is 0 Å². The molecule has 11 heteroatoms. The summed E-state index contributed by atoms with van der Waals surface area (Å²) in [6.07, 6.45) is 0.0340. The van der Waals surface area contributed by atoms with Crippen LogP contribution in [-0.4, -0.2) is 68.8 Å². The zero-order valence-electron chi connectivity index (χ0n) is 19.7. The van der Waals surface area contributed by atoms with Crippen LogP contribution < -0.4 is 0 Å². The molecule has 172 valence electrons. The van der Waals surface area contributed by atoms with Gasteiger partial charge in [-0.1, -0.05) is 6.58 Å². The van der Waals surface area contributed by atoms with Crippen molar-refractivity contribution in [3.8, 4) is 0 Å². The van der Waals surface area contributed by atoms with Crippen molar-refractivity contribution in [3.05, 3.63) is 12.7 Å². The van der Waals surface area contributed by atoms with Gasteiger partial charge in [-0.25, -0.2) is 4.79 Å². The largest absolute Gasteiger partial charge is 0.469 e. The number of rotatable bonds is 14. The predicted octanol–water partition coefficient (Wildman–Crippen LogP) is 3.71. The molecule has 0 radical (unpaired) electrons. The van der Waals surface area contributed by atoms with E-state index in [2.05, 4.69) is 65.5 Å². The van der Waals surface area contributed by atoms with Crippen LogP contribution >= 0.6 is 0 Å². The lowest BCUT2D eigenvalue weighted by Crippen LogP contribution is -2.60.